The summed E-state index contributed by atoms with van der Waals surface area (Å²) in [6.07, 6.45) is 5.17. The molecule has 31 heavy (non-hydrogen) atoms. The van der Waals surface area contributed by atoms with Crippen LogP contribution < -0.4 is 10.2 Å². The first-order valence-electron chi connectivity index (χ1n) is 11.0. The second kappa shape index (κ2) is 9.63. The van der Waals surface area contributed by atoms with Crippen molar-refractivity contribution in [2.24, 2.45) is 0 Å². The summed E-state index contributed by atoms with van der Waals surface area (Å²) in [6.45, 7) is 8.15. The van der Waals surface area contributed by atoms with E-state index in [2.05, 4.69) is 41.2 Å². The van der Waals surface area contributed by atoms with Crippen LogP contribution in [0, 0.1) is 0 Å². The Morgan fingerprint density at radius 3 is 2.84 bits per heavy atom. The summed E-state index contributed by atoms with van der Waals surface area (Å²) in [5, 5.41) is 8.22. The number of aryl methyl sites for hydroxylation is 1. The second-order valence-electron chi connectivity index (χ2n) is 7.96. The number of rotatable bonds is 9. The quantitative estimate of drug-likeness (QED) is 0.485. The van der Waals surface area contributed by atoms with Crippen LogP contribution in [0.1, 0.15) is 26.0 Å². The van der Waals surface area contributed by atoms with E-state index in [0.717, 1.165) is 48.6 Å². The van der Waals surface area contributed by atoms with Crippen molar-refractivity contribution in [1.82, 2.24) is 34.6 Å². The van der Waals surface area contributed by atoms with Gasteiger partial charge in [-0.25, -0.2) is 9.97 Å². The highest BCUT2D eigenvalue weighted by atomic mass is 16.5. The highest BCUT2D eigenvalue weighted by Gasteiger charge is 2.31. The number of likely N-dealkylation sites (N-methyl/N-ethyl adjacent to an activating group) is 2. The molecule has 4 rings (SSSR count). The van der Waals surface area contributed by atoms with E-state index in [1.165, 1.54) is 11.2 Å². The van der Waals surface area contributed by atoms with Gasteiger partial charge in [-0.15, -0.1) is 0 Å². The van der Waals surface area contributed by atoms with Crippen LogP contribution >= 0.6 is 0 Å². The maximum atomic E-state index is 5.58. The molecule has 0 spiro atoms. The second-order valence-corrected chi connectivity index (χ2v) is 7.96. The normalized spacial score (nSPS) is 18.0. The van der Waals surface area contributed by atoms with Crippen molar-refractivity contribution in [2.75, 3.05) is 45.7 Å². The van der Waals surface area contributed by atoms with E-state index in [1.807, 2.05) is 17.7 Å². The van der Waals surface area contributed by atoms with E-state index >= 15 is 0 Å². The lowest BCUT2D eigenvalue weighted by molar-refractivity contribution is -0.841. The van der Waals surface area contributed by atoms with Crippen molar-refractivity contribution in [3.63, 3.8) is 0 Å². The Morgan fingerprint density at radius 1 is 1.29 bits per heavy atom. The number of hydrogen-bond donors (Lipinski definition) is 2. The first-order valence-corrected chi connectivity index (χ1v) is 11.0. The van der Waals surface area contributed by atoms with E-state index in [-0.39, 0.29) is 0 Å². The zero-order valence-corrected chi connectivity index (χ0v) is 18.8. The van der Waals surface area contributed by atoms with Crippen LogP contribution in [-0.2, 0) is 17.7 Å². The molecule has 1 saturated heterocycles. The molecule has 2 N–H and O–H groups in total. The Hall–Kier alpha value is -2.69. The lowest BCUT2D eigenvalue weighted by Gasteiger charge is -2.19. The molecule has 2 atom stereocenters. The number of anilines is 2. The van der Waals surface area contributed by atoms with Crippen molar-refractivity contribution in [2.45, 2.75) is 39.3 Å². The number of nitrogens with zero attached hydrogens (tertiary/aromatic N) is 7. The molecule has 3 aromatic rings. The summed E-state index contributed by atoms with van der Waals surface area (Å²) < 4.78 is 7.53. The van der Waals surface area contributed by atoms with Crippen LogP contribution in [0.3, 0.4) is 0 Å². The molecule has 1 unspecified atom stereocenters. The molecular weight excluding hydrogens is 394 g/mol. The summed E-state index contributed by atoms with van der Waals surface area (Å²) >= 11 is 0. The van der Waals surface area contributed by atoms with E-state index in [1.54, 1.807) is 6.20 Å². The summed E-state index contributed by atoms with van der Waals surface area (Å²) in [7, 11) is 4.32. The average Bonchev–Trinajstić information content (AvgIpc) is 3.37. The molecule has 4 heterocycles. The van der Waals surface area contributed by atoms with E-state index in [9.17, 15) is 0 Å². The van der Waals surface area contributed by atoms with Crippen molar-refractivity contribution < 1.29 is 9.64 Å². The van der Waals surface area contributed by atoms with Gasteiger partial charge >= 0.3 is 5.95 Å². The molecule has 1 aliphatic rings. The SMILES string of the molecule is CCOCCn1nc(CC)c2nc([NH+](C)[C@@H]3CCN(C)C3)nc(Nc3ccncn3)c21. The minimum absolute atomic E-state index is 0.465. The van der Waals surface area contributed by atoms with Gasteiger partial charge in [0.25, 0.3) is 0 Å². The summed E-state index contributed by atoms with van der Waals surface area (Å²) in [5.41, 5.74) is 2.75. The minimum Gasteiger partial charge on any atom is -0.380 e. The van der Waals surface area contributed by atoms with Gasteiger partial charge in [0.05, 0.1) is 32.4 Å². The number of nitrogens with one attached hydrogen (secondary N) is 2. The third kappa shape index (κ3) is 4.65. The van der Waals surface area contributed by atoms with Gasteiger partial charge in [-0.1, -0.05) is 6.92 Å². The molecule has 1 aliphatic heterocycles. The molecule has 0 aliphatic carbocycles. The third-order valence-electron chi connectivity index (χ3n) is 5.83. The Kier molecular flexibility index (Phi) is 6.69. The number of fused-ring (bicyclic) bond motifs is 1. The van der Waals surface area contributed by atoms with E-state index < -0.39 is 0 Å². The number of aromatic nitrogens is 6. The smallest absolute Gasteiger partial charge is 0.330 e. The van der Waals surface area contributed by atoms with E-state index in [0.29, 0.717) is 37.4 Å². The van der Waals surface area contributed by atoms with Crippen LogP contribution in [-0.4, -0.2) is 81.1 Å². The molecule has 0 amide bonds. The summed E-state index contributed by atoms with van der Waals surface area (Å²) in [5.74, 6) is 2.19. The standard InChI is InChI=1S/C21H31N9O/c1-5-16-18-19(30(27-16)11-12-31-6-2)20(24-17-7-9-22-14-23-17)26-21(25-18)29(4)15-8-10-28(3)13-15/h7,9,14-15H,5-6,8,10-13H2,1-4H3,(H,22,23,24,25,26)/p+1/t15-/m1/s1. The van der Waals surface area contributed by atoms with Gasteiger partial charge in [0, 0.05) is 25.8 Å². The molecule has 10 heteroatoms. The summed E-state index contributed by atoms with van der Waals surface area (Å²) in [4.78, 5) is 21.9. The Bertz CT molecular complexity index is 1010. The maximum Gasteiger partial charge on any atom is 0.330 e. The topological polar surface area (TPSA) is 98.3 Å². The minimum atomic E-state index is 0.465. The molecule has 0 bridgehead atoms. The number of ether oxygens (including phenoxy) is 1. The first kappa shape index (κ1) is 21.5. The van der Waals surface area contributed by atoms with Crippen molar-refractivity contribution in [3.8, 4) is 0 Å². The molecule has 166 valence electrons. The number of likely N-dealkylation sites (tertiary alicyclic amines) is 1. The van der Waals surface area contributed by atoms with Gasteiger partial charge in [0.2, 0.25) is 0 Å². The monoisotopic (exact) mass is 426 g/mol. The van der Waals surface area contributed by atoms with Gasteiger partial charge in [0.1, 0.15) is 29.2 Å². The van der Waals surface area contributed by atoms with Gasteiger partial charge in [-0.3, -0.25) is 9.58 Å². The van der Waals surface area contributed by atoms with Gasteiger partial charge in [0.15, 0.2) is 5.82 Å². The highest BCUT2D eigenvalue weighted by Crippen LogP contribution is 2.27. The zero-order valence-electron chi connectivity index (χ0n) is 18.8. The fraction of sp³-hybridized carbons (Fsp3) is 0.571. The van der Waals surface area contributed by atoms with Crippen LogP contribution in [0.5, 0.6) is 0 Å². The maximum absolute atomic E-state index is 5.58. The Balaban J connectivity index is 1.79. The Labute approximate surface area is 182 Å². The van der Waals surface area contributed by atoms with Gasteiger partial charge in [-0.2, -0.15) is 15.1 Å². The first-order chi connectivity index (χ1) is 15.1. The average molecular weight is 427 g/mol. The highest BCUT2D eigenvalue weighted by molar-refractivity contribution is 5.89. The number of hydrogen-bond acceptors (Lipinski definition) is 8. The van der Waals surface area contributed by atoms with Crippen LogP contribution in [0.4, 0.5) is 17.6 Å². The molecule has 10 nitrogen and oxygen atoms in total. The Morgan fingerprint density at radius 2 is 2.16 bits per heavy atom. The van der Waals surface area contributed by atoms with Crippen LogP contribution in [0.2, 0.25) is 0 Å². The number of quaternary nitrogens is 1. The van der Waals surface area contributed by atoms with Crippen molar-refractivity contribution in [3.05, 3.63) is 24.3 Å². The molecule has 3 aromatic heterocycles. The predicted molar refractivity (Wildman–Crippen MR) is 119 cm³/mol. The van der Waals surface area contributed by atoms with Crippen LogP contribution in [0.25, 0.3) is 11.0 Å². The fourth-order valence-electron chi connectivity index (χ4n) is 4.06. The van der Waals surface area contributed by atoms with Gasteiger partial charge in [-0.05, 0) is 26.5 Å². The van der Waals surface area contributed by atoms with Crippen molar-refractivity contribution >= 4 is 28.6 Å². The molecule has 0 aromatic carbocycles. The lowest BCUT2D eigenvalue weighted by atomic mass is 10.2. The molecular formula is C21H32N9O+. The molecule has 0 radical (unpaired) electrons. The summed E-state index contributed by atoms with van der Waals surface area (Å²) in [6, 6.07) is 2.30. The fourth-order valence-corrected chi connectivity index (χ4v) is 4.06. The lowest BCUT2D eigenvalue weighted by Crippen LogP contribution is -3.09. The largest absolute Gasteiger partial charge is 0.380 e. The third-order valence-corrected chi connectivity index (χ3v) is 5.83. The van der Waals surface area contributed by atoms with Crippen molar-refractivity contribution in [1.29, 1.82) is 0 Å². The predicted octanol–water partition coefficient (Wildman–Crippen LogP) is 0.809. The van der Waals surface area contributed by atoms with E-state index in [4.69, 9.17) is 19.8 Å². The zero-order chi connectivity index (χ0) is 21.8. The van der Waals surface area contributed by atoms with Crippen LogP contribution in [0.15, 0.2) is 18.6 Å². The molecule has 1 fully saturated rings. The molecule has 0 saturated carbocycles. The van der Waals surface area contributed by atoms with Gasteiger partial charge < -0.3 is 15.0 Å².